The van der Waals surface area contributed by atoms with Crippen LogP contribution in [0.5, 0.6) is 5.75 Å². The number of Topliss-reactive ketones (excluding diaryl/α,β-unsaturated/α-hetero) is 1. The lowest BCUT2D eigenvalue weighted by Crippen LogP contribution is -1.99. The molecule has 0 amide bonds. The summed E-state index contributed by atoms with van der Waals surface area (Å²) in [5, 5.41) is 8.09. The molecule has 2 aromatic carbocycles. The van der Waals surface area contributed by atoms with Crippen molar-refractivity contribution in [2.45, 2.75) is 26.4 Å². The number of hydrogen-bond acceptors (Lipinski definition) is 5. The molecular formula is C19H16N2O3. The third-order valence-corrected chi connectivity index (χ3v) is 4.15. The smallest absolute Gasteiger partial charge is 0.254 e. The highest BCUT2D eigenvalue weighted by atomic mass is 16.5. The van der Waals surface area contributed by atoms with Crippen molar-refractivity contribution >= 4 is 5.78 Å². The molecular weight excluding hydrogens is 304 g/mol. The lowest BCUT2D eigenvalue weighted by atomic mass is 10.1. The van der Waals surface area contributed by atoms with E-state index < -0.39 is 0 Å². The van der Waals surface area contributed by atoms with Gasteiger partial charge < -0.3 is 9.15 Å². The van der Waals surface area contributed by atoms with Crippen LogP contribution in [0.3, 0.4) is 0 Å². The molecule has 0 radical (unpaired) electrons. The average Bonchev–Trinajstić information content (AvgIpc) is 3.21. The molecule has 120 valence electrons. The topological polar surface area (TPSA) is 65.2 Å². The molecule has 0 N–H and O–H groups in total. The Morgan fingerprint density at radius 2 is 1.92 bits per heavy atom. The van der Waals surface area contributed by atoms with Crippen LogP contribution in [0, 0.1) is 6.92 Å². The molecule has 5 nitrogen and oxygen atoms in total. The number of ether oxygens (including phenoxy) is 1. The zero-order valence-corrected chi connectivity index (χ0v) is 13.3. The molecule has 0 bridgehead atoms. The van der Waals surface area contributed by atoms with Gasteiger partial charge in [0.25, 0.3) is 5.89 Å². The largest absolute Gasteiger partial charge is 0.483 e. The SMILES string of the molecule is Cc1ccc(-c2nnc(COc3cccc4c3CCC4=O)o2)cc1. The molecule has 4 rings (SSSR count). The molecule has 0 atom stereocenters. The summed E-state index contributed by atoms with van der Waals surface area (Å²) >= 11 is 0. The van der Waals surface area contributed by atoms with E-state index in [1.807, 2.05) is 49.4 Å². The van der Waals surface area contributed by atoms with Crippen molar-refractivity contribution in [3.05, 3.63) is 65.0 Å². The van der Waals surface area contributed by atoms with Gasteiger partial charge in [0.2, 0.25) is 5.89 Å². The van der Waals surface area contributed by atoms with E-state index >= 15 is 0 Å². The summed E-state index contributed by atoms with van der Waals surface area (Å²) in [4.78, 5) is 11.8. The second-order valence-corrected chi connectivity index (χ2v) is 5.86. The van der Waals surface area contributed by atoms with E-state index in [1.54, 1.807) is 0 Å². The quantitative estimate of drug-likeness (QED) is 0.732. The minimum Gasteiger partial charge on any atom is -0.483 e. The maximum atomic E-state index is 11.8. The van der Waals surface area contributed by atoms with Crippen molar-refractivity contribution < 1.29 is 13.9 Å². The third kappa shape index (κ3) is 2.69. The first-order valence-corrected chi connectivity index (χ1v) is 7.88. The molecule has 1 heterocycles. The maximum Gasteiger partial charge on any atom is 0.254 e. The normalized spacial score (nSPS) is 13.1. The van der Waals surface area contributed by atoms with E-state index in [-0.39, 0.29) is 12.4 Å². The lowest BCUT2D eigenvalue weighted by molar-refractivity contribution is 0.0994. The van der Waals surface area contributed by atoms with E-state index in [4.69, 9.17) is 9.15 Å². The highest BCUT2D eigenvalue weighted by Crippen LogP contribution is 2.31. The standard InChI is InChI=1S/C19H16N2O3/c1-12-5-7-13(8-6-12)19-21-20-18(24-19)11-23-17-4-2-3-14-15(17)9-10-16(14)22/h2-8H,9-11H2,1H3. The summed E-state index contributed by atoms with van der Waals surface area (Å²) in [6, 6.07) is 13.4. The molecule has 1 aliphatic carbocycles. The predicted molar refractivity (Wildman–Crippen MR) is 87.9 cm³/mol. The second-order valence-electron chi connectivity index (χ2n) is 5.86. The second kappa shape index (κ2) is 5.92. The van der Waals surface area contributed by atoms with Crippen LogP contribution in [-0.4, -0.2) is 16.0 Å². The van der Waals surface area contributed by atoms with Crippen LogP contribution < -0.4 is 4.74 Å². The fraction of sp³-hybridized carbons (Fsp3) is 0.211. The fourth-order valence-electron chi connectivity index (χ4n) is 2.86. The van der Waals surface area contributed by atoms with Crippen LogP contribution in [0.25, 0.3) is 11.5 Å². The molecule has 0 fully saturated rings. The highest BCUT2D eigenvalue weighted by molar-refractivity contribution is 6.01. The number of nitrogens with zero attached hydrogens (tertiary/aromatic N) is 2. The summed E-state index contributed by atoms with van der Waals surface area (Å²) in [7, 11) is 0. The van der Waals surface area contributed by atoms with Crippen LogP contribution >= 0.6 is 0 Å². The van der Waals surface area contributed by atoms with Gasteiger partial charge >= 0.3 is 0 Å². The Balaban J connectivity index is 1.50. The molecule has 0 unspecified atom stereocenters. The van der Waals surface area contributed by atoms with E-state index in [1.165, 1.54) is 5.56 Å². The molecule has 24 heavy (non-hydrogen) atoms. The minimum atomic E-state index is 0.176. The van der Waals surface area contributed by atoms with E-state index in [9.17, 15) is 4.79 Å². The van der Waals surface area contributed by atoms with Crippen molar-refractivity contribution in [1.29, 1.82) is 0 Å². The predicted octanol–water partition coefficient (Wildman–Crippen LogP) is 3.75. The Morgan fingerprint density at radius 1 is 1.08 bits per heavy atom. The van der Waals surface area contributed by atoms with Gasteiger partial charge in [-0.1, -0.05) is 29.8 Å². The van der Waals surface area contributed by atoms with Gasteiger partial charge in [-0.15, -0.1) is 10.2 Å². The molecule has 0 spiro atoms. The highest BCUT2D eigenvalue weighted by Gasteiger charge is 2.22. The summed E-state index contributed by atoms with van der Waals surface area (Å²) in [5.74, 6) is 1.78. The van der Waals surface area contributed by atoms with Crippen molar-refractivity contribution in [2.24, 2.45) is 0 Å². The zero-order chi connectivity index (χ0) is 16.5. The van der Waals surface area contributed by atoms with Crippen LogP contribution in [0.1, 0.15) is 33.8 Å². The summed E-state index contributed by atoms with van der Waals surface area (Å²) in [6.07, 6.45) is 1.27. The Labute approximate surface area is 139 Å². The lowest BCUT2D eigenvalue weighted by Gasteiger charge is -2.08. The van der Waals surface area contributed by atoms with Crippen LogP contribution in [-0.2, 0) is 13.0 Å². The summed E-state index contributed by atoms with van der Waals surface area (Å²) < 4.78 is 11.5. The monoisotopic (exact) mass is 320 g/mol. The number of carbonyl (C=O) groups excluding carboxylic acids is 1. The molecule has 0 saturated heterocycles. The third-order valence-electron chi connectivity index (χ3n) is 4.15. The number of ketones is 1. The number of benzene rings is 2. The Hall–Kier alpha value is -2.95. The van der Waals surface area contributed by atoms with Gasteiger partial charge in [-0.3, -0.25) is 4.79 Å². The average molecular weight is 320 g/mol. The summed E-state index contributed by atoms with van der Waals surface area (Å²) in [5.41, 5.74) is 3.79. The Kier molecular flexibility index (Phi) is 3.61. The first kappa shape index (κ1) is 14.6. The minimum absolute atomic E-state index is 0.176. The van der Waals surface area contributed by atoms with Gasteiger partial charge in [0.1, 0.15) is 5.75 Å². The van der Waals surface area contributed by atoms with Gasteiger partial charge in [-0.25, -0.2) is 0 Å². The van der Waals surface area contributed by atoms with Crippen molar-refractivity contribution in [2.75, 3.05) is 0 Å². The number of aryl methyl sites for hydroxylation is 1. The Morgan fingerprint density at radius 3 is 2.75 bits per heavy atom. The van der Waals surface area contributed by atoms with E-state index in [0.29, 0.717) is 24.0 Å². The van der Waals surface area contributed by atoms with Crippen LogP contribution in [0.15, 0.2) is 46.9 Å². The first-order valence-electron chi connectivity index (χ1n) is 7.88. The van der Waals surface area contributed by atoms with Gasteiger partial charge in [0, 0.05) is 23.1 Å². The van der Waals surface area contributed by atoms with E-state index in [2.05, 4.69) is 10.2 Å². The van der Waals surface area contributed by atoms with Crippen molar-refractivity contribution in [3.63, 3.8) is 0 Å². The van der Waals surface area contributed by atoms with Gasteiger partial charge in [0.05, 0.1) is 0 Å². The van der Waals surface area contributed by atoms with Gasteiger partial charge in [-0.05, 0) is 31.5 Å². The molecule has 1 aromatic heterocycles. The molecule has 0 saturated carbocycles. The molecule has 1 aliphatic rings. The number of carbonyl (C=O) groups is 1. The van der Waals surface area contributed by atoms with Crippen LogP contribution in [0.4, 0.5) is 0 Å². The maximum absolute atomic E-state index is 11.8. The molecule has 0 aliphatic heterocycles. The van der Waals surface area contributed by atoms with Gasteiger partial charge in [0.15, 0.2) is 12.4 Å². The fourth-order valence-corrected chi connectivity index (χ4v) is 2.86. The first-order chi connectivity index (χ1) is 11.7. The van der Waals surface area contributed by atoms with Crippen LogP contribution in [0.2, 0.25) is 0 Å². The number of hydrogen-bond donors (Lipinski definition) is 0. The molecule has 3 aromatic rings. The number of rotatable bonds is 4. The van der Waals surface area contributed by atoms with Crippen molar-refractivity contribution in [1.82, 2.24) is 10.2 Å². The zero-order valence-electron chi connectivity index (χ0n) is 13.3. The Bertz CT molecular complexity index is 897. The van der Waals surface area contributed by atoms with Gasteiger partial charge in [-0.2, -0.15) is 0 Å². The molecule has 5 heteroatoms. The van der Waals surface area contributed by atoms with Crippen molar-refractivity contribution in [3.8, 4) is 17.2 Å². The number of fused-ring (bicyclic) bond motifs is 1. The summed E-state index contributed by atoms with van der Waals surface area (Å²) in [6.45, 7) is 2.21. The van der Waals surface area contributed by atoms with E-state index in [0.717, 1.165) is 23.1 Å². The number of aromatic nitrogens is 2.